The van der Waals surface area contributed by atoms with Gasteiger partial charge in [-0.1, -0.05) is 0 Å². The monoisotopic (exact) mass is 612 g/mol. The van der Waals surface area contributed by atoms with E-state index in [0.717, 1.165) is 4.57 Å². The summed E-state index contributed by atoms with van der Waals surface area (Å²) in [5, 5.41) is 29.5. The summed E-state index contributed by atoms with van der Waals surface area (Å²) in [5.41, 5.74) is 10.2. The molecule has 7 atom stereocenters. The lowest BCUT2D eigenvalue weighted by atomic mass is 9.98. The van der Waals surface area contributed by atoms with Crippen molar-refractivity contribution in [2.75, 3.05) is 24.7 Å². The number of hydrogen-bond donors (Lipinski definition) is 7. The summed E-state index contributed by atoms with van der Waals surface area (Å²) in [6.07, 6.45) is -3.49. The molecule has 0 radical (unpaired) electrons. The number of phosphoric ester groups is 1. The SMILES string of the molecule is N.N#C[BH2-][n+]1cn(C2CC(O)C(COP(=O)(O)OC3CC(n4ccc(N)nc4=O)OC3CO)O2)c2nc(N)[nH]c(=O)c21. The molecule has 5 heterocycles. The van der Waals surface area contributed by atoms with Crippen LogP contribution in [0.4, 0.5) is 11.8 Å². The van der Waals surface area contributed by atoms with Crippen molar-refractivity contribution in [2.24, 2.45) is 0 Å². The molecular formula is C20H30BN10O10P. The molecule has 11 N–H and O–H groups in total. The van der Waals surface area contributed by atoms with Crippen LogP contribution in [-0.2, 0) is 23.1 Å². The van der Waals surface area contributed by atoms with Crippen LogP contribution in [0.5, 0.6) is 0 Å². The van der Waals surface area contributed by atoms with Gasteiger partial charge in [-0.15, -0.1) is 5.97 Å². The molecule has 3 aromatic rings. The van der Waals surface area contributed by atoms with Crippen molar-refractivity contribution in [1.29, 1.82) is 5.26 Å². The van der Waals surface area contributed by atoms with E-state index in [-0.39, 0.29) is 41.9 Å². The number of fused-ring (bicyclic) bond motifs is 1. The zero-order valence-electron chi connectivity index (χ0n) is 22.2. The second kappa shape index (κ2) is 12.3. The van der Waals surface area contributed by atoms with Crippen LogP contribution in [-0.4, -0.2) is 84.2 Å². The van der Waals surface area contributed by atoms with Crippen LogP contribution in [0.3, 0.4) is 0 Å². The molecule has 2 saturated heterocycles. The average Bonchev–Trinajstić information content (AvgIpc) is 3.57. The number of aliphatic hydroxyl groups excluding tert-OH is 2. The number of aromatic nitrogens is 6. The van der Waals surface area contributed by atoms with E-state index in [1.807, 2.05) is 0 Å². The first-order valence-electron chi connectivity index (χ1n) is 12.5. The summed E-state index contributed by atoms with van der Waals surface area (Å²) in [5.74, 6) is 1.91. The van der Waals surface area contributed by atoms with Gasteiger partial charge in [0.25, 0.3) is 18.6 Å². The maximum absolute atomic E-state index is 12.8. The molecule has 2 aliphatic rings. The lowest BCUT2D eigenvalue weighted by Crippen LogP contribution is -2.41. The lowest BCUT2D eigenvalue weighted by Gasteiger charge is -2.21. The second-order valence-corrected chi connectivity index (χ2v) is 11.0. The number of phosphoric acid groups is 1. The normalized spacial score (nSPS) is 27.0. The number of imidazole rings is 1. The molecule has 22 heteroatoms. The van der Waals surface area contributed by atoms with Gasteiger partial charge in [0.15, 0.2) is 0 Å². The largest absolute Gasteiger partial charge is 0.472 e. The Hall–Kier alpha value is -3.71. The van der Waals surface area contributed by atoms with Crippen LogP contribution >= 0.6 is 7.82 Å². The number of ether oxygens (including phenoxy) is 2. The highest BCUT2D eigenvalue weighted by Gasteiger charge is 2.44. The lowest BCUT2D eigenvalue weighted by molar-refractivity contribution is -0.499. The number of nitrogens with one attached hydrogen (secondary N) is 1. The highest BCUT2D eigenvalue weighted by Crippen LogP contribution is 2.49. The molecule has 0 saturated carbocycles. The zero-order valence-corrected chi connectivity index (χ0v) is 23.1. The van der Waals surface area contributed by atoms with Crippen molar-refractivity contribution in [3.05, 3.63) is 39.4 Å². The maximum atomic E-state index is 12.8. The Bertz CT molecular complexity index is 1660. The van der Waals surface area contributed by atoms with Gasteiger partial charge in [0.1, 0.15) is 30.4 Å². The summed E-state index contributed by atoms with van der Waals surface area (Å²) in [4.78, 5) is 45.1. The van der Waals surface area contributed by atoms with Crippen LogP contribution < -0.4 is 33.3 Å². The fourth-order valence-electron chi connectivity index (χ4n) is 4.95. The van der Waals surface area contributed by atoms with Crippen molar-refractivity contribution in [3.63, 3.8) is 0 Å². The van der Waals surface area contributed by atoms with E-state index in [1.54, 1.807) is 0 Å². The fraction of sp³-hybridized carbons (Fsp3) is 0.500. The molecule has 2 aliphatic heterocycles. The molecule has 0 aliphatic carbocycles. The first-order chi connectivity index (χ1) is 19.5. The van der Waals surface area contributed by atoms with E-state index in [4.69, 9.17) is 30.0 Å². The third kappa shape index (κ3) is 6.21. The predicted molar refractivity (Wildman–Crippen MR) is 143 cm³/mol. The summed E-state index contributed by atoms with van der Waals surface area (Å²) < 4.78 is 38.6. The van der Waals surface area contributed by atoms with E-state index in [0.29, 0.717) is 0 Å². The topological polar surface area (TPSA) is 315 Å². The number of aromatic amines is 1. The van der Waals surface area contributed by atoms with Gasteiger partial charge in [0, 0.05) is 19.0 Å². The third-order valence-electron chi connectivity index (χ3n) is 6.84. The molecule has 0 spiro atoms. The standard InChI is InChI=1S/C20H27BN9O10P.H3N/c22-7-21-30-8-29(17-16(30)18(33)27-19(24)26-17)14-3-9(32)12(39-14)6-37-41(35,36)40-10-4-15(38-11(10)5-31)28-2-1-13(23)25-20(28)34;/h1-2,8-12,14-15,31-32H,3-6,21H2,(H,35,36)(H2,23,25,34)(H3,24,26,27,33);1H3. The van der Waals surface area contributed by atoms with Crippen LogP contribution in [0, 0.1) is 11.2 Å². The number of rotatable bonds is 9. The number of nitrogens with zero attached hydrogens (tertiary/aromatic N) is 6. The first-order valence-corrected chi connectivity index (χ1v) is 14.0. The number of H-pyrrole nitrogens is 1. The van der Waals surface area contributed by atoms with Gasteiger partial charge in [-0.05, 0) is 6.07 Å². The number of nitrogens with two attached hydrogens (primary N) is 2. The van der Waals surface area contributed by atoms with Crippen LogP contribution in [0.1, 0.15) is 25.3 Å². The Labute approximate surface area is 236 Å². The van der Waals surface area contributed by atoms with Gasteiger partial charge >= 0.3 is 13.5 Å². The molecule has 5 rings (SSSR count). The molecule has 7 unspecified atom stereocenters. The zero-order chi connectivity index (χ0) is 29.5. The van der Waals surface area contributed by atoms with Gasteiger partial charge in [0.05, 0.1) is 19.3 Å². The van der Waals surface area contributed by atoms with Gasteiger partial charge in [0.2, 0.25) is 24.0 Å². The van der Waals surface area contributed by atoms with Gasteiger partial charge in [-0.3, -0.25) is 23.4 Å². The number of hydrogen-bond acceptors (Lipinski definition) is 15. The molecule has 228 valence electrons. The fourth-order valence-corrected chi connectivity index (χ4v) is 5.91. The summed E-state index contributed by atoms with van der Waals surface area (Å²) in [7, 11) is -6.19. The third-order valence-corrected chi connectivity index (χ3v) is 7.85. The molecular weight excluding hydrogens is 582 g/mol. The summed E-state index contributed by atoms with van der Waals surface area (Å²) in [6, 6.07) is 1.37. The quantitative estimate of drug-likeness (QED) is 0.0908. The van der Waals surface area contributed by atoms with Crippen LogP contribution in [0.25, 0.3) is 11.2 Å². The second-order valence-electron chi connectivity index (χ2n) is 9.63. The first kappa shape index (κ1) is 31.2. The Morgan fingerprint density at radius 3 is 2.64 bits per heavy atom. The maximum Gasteiger partial charge on any atom is 0.472 e. The summed E-state index contributed by atoms with van der Waals surface area (Å²) >= 11 is 0. The van der Waals surface area contributed by atoms with Crippen molar-refractivity contribution in [1.82, 2.24) is 30.2 Å². The highest BCUT2D eigenvalue weighted by molar-refractivity contribution is 7.47. The Morgan fingerprint density at radius 2 is 1.95 bits per heavy atom. The Morgan fingerprint density at radius 1 is 1.24 bits per heavy atom. The van der Waals surface area contributed by atoms with Crippen molar-refractivity contribution < 1.29 is 42.7 Å². The minimum atomic E-state index is -4.78. The molecule has 2 fully saturated rings. The molecule has 0 aromatic carbocycles. The van der Waals surface area contributed by atoms with Crippen molar-refractivity contribution in [3.8, 4) is 5.97 Å². The van der Waals surface area contributed by atoms with Crippen LogP contribution in [0.2, 0.25) is 0 Å². The number of aliphatic hydroxyl groups is 2. The Balaban J connectivity index is 0.00000405. The van der Waals surface area contributed by atoms with Crippen molar-refractivity contribution in [2.45, 2.75) is 49.7 Å². The van der Waals surface area contributed by atoms with Crippen molar-refractivity contribution >= 4 is 38.2 Å². The molecule has 42 heavy (non-hydrogen) atoms. The molecule has 20 nitrogen and oxygen atoms in total. The smallest absolute Gasteiger partial charge is 0.414 e. The number of nitrogen functional groups attached to an aromatic ring is 2. The number of nitriles is 1. The van der Waals surface area contributed by atoms with E-state index in [2.05, 4.69) is 20.9 Å². The minimum Gasteiger partial charge on any atom is -0.414 e. The van der Waals surface area contributed by atoms with E-state index >= 15 is 0 Å². The van der Waals surface area contributed by atoms with E-state index < -0.39 is 76.6 Å². The number of anilines is 2. The van der Waals surface area contributed by atoms with Gasteiger partial charge in [-0.25, -0.2) is 14.6 Å². The van der Waals surface area contributed by atoms with E-state index in [9.17, 15) is 34.5 Å². The Kier molecular flexibility index (Phi) is 9.12. The molecule has 0 amide bonds. The minimum absolute atomic E-state index is 0. The average molecular weight is 612 g/mol. The van der Waals surface area contributed by atoms with Gasteiger partial charge in [-0.2, -0.15) is 14.5 Å². The highest BCUT2D eigenvalue weighted by atomic mass is 31.2. The van der Waals surface area contributed by atoms with Gasteiger partial charge < -0.3 is 46.7 Å². The summed E-state index contributed by atoms with van der Waals surface area (Å²) in [6.45, 7) is -1.14. The van der Waals surface area contributed by atoms with Crippen LogP contribution in [0.15, 0.2) is 28.2 Å². The molecule has 3 aromatic heterocycles. The van der Waals surface area contributed by atoms with E-state index in [1.165, 1.54) is 27.6 Å². The molecule has 0 bridgehead atoms. The predicted octanol–water partition coefficient (Wildman–Crippen LogP) is -3.56.